The van der Waals surface area contributed by atoms with Crippen LogP contribution in [0.5, 0.6) is 0 Å². The molecule has 0 aromatic carbocycles. The van der Waals surface area contributed by atoms with Crippen molar-refractivity contribution in [2.75, 3.05) is 13.2 Å². The summed E-state index contributed by atoms with van der Waals surface area (Å²) < 4.78 is 17.0. The first-order valence-corrected chi connectivity index (χ1v) is 34.7. The first kappa shape index (κ1) is 77.3. The van der Waals surface area contributed by atoms with Crippen LogP contribution in [0.1, 0.15) is 342 Å². The van der Waals surface area contributed by atoms with Crippen LogP contribution in [0.25, 0.3) is 0 Å². The Hall–Kier alpha value is -3.67. The van der Waals surface area contributed by atoms with Crippen molar-refractivity contribution in [3.8, 4) is 0 Å². The maximum Gasteiger partial charge on any atom is 0.306 e. The van der Waals surface area contributed by atoms with Gasteiger partial charge in [-0.25, -0.2) is 0 Å². The first-order valence-electron chi connectivity index (χ1n) is 34.7. The summed E-state index contributed by atoms with van der Waals surface area (Å²) in [5.41, 5.74) is 0. The zero-order chi connectivity index (χ0) is 58.5. The van der Waals surface area contributed by atoms with Crippen LogP contribution in [0.3, 0.4) is 0 Å². The molecular formula is C75H130O6. The van der Waals surface area contributed by atoms with E-state index in [0.717, 1.165) is 116 Å². The van der Waals surface area contributed by atoms with Gasteiger partial charge in [-0.05, 0) is 103 Å². The van der Waals surface area contributed by atoms with E-state index in [0.29, 0.717) is 19.3 Å². The van der Waals surface area contributed by atoms with Crippen molar-refractivity contribution in [2.45, 2.75) is 348 Å². The van der Waals surface area contributed by atoms with Crippen LogP contribution in [0.4, 0.5) is 0 Å². The van der Waals surface area contributed by atoms with Crippen molar-refractivity contribution in [3.05, 3.63) is 97.2 Å². The van der Waals surface area contributed by atoms with Crippen molar-refractivity contribution in [3.63, 3.8) is 0 Å². The van der Waals surface area contributed by atoms with Gasteiger partial charge >= 0.3 is 17.9 Å². The Morgan fingerprint density at radius 1 is 0.259 bits per heavy atom. The number of allylic oxidation sites excluding steroid dienone is 16. The molecule has 0 aromatic rings. The highest BCUT2D eigenvalue weighted by Gasteiger charge is 2.19. The van der Waals surface area contributed by atoms with Gasteiger partial charge in [0.25, 0.3) is 0 Å². The predicted molar refractivity (Wildman–Crippen MR) is 353 cm³/mol. The molecule has 1 unspecified atom stereocenters. The van der Waals surface area contributed by atoms with Crippen molar-refractivity contribution >= 4 is 17.9 Å². The van der Waals surface area contributed by atoms with Crippen LogP contribution < -0.4 is 0 Å². The number of rotatable bonds is 63. The fourth-order valence-corrected chi connectivity index (χ4v) is 9.89. The molecule has 0 aliphatic rings. The minimum Gasteiger partial charge on any atom is -0.462 e. The van der Waals surface area contributed by atoms with Gasteiger partial charge in [0.2, 0.25) is 0 Å². The average molecular weight is 1130 g/mol. The number of ether oxygens (including phenoxy) is 3. The Kier molecular flexibility index (Phi) is 65.7. The highest BCUT2D eigenvalue weighted by Crippen LogP contribution is 2.17. The third-order valence-corrected chi connectivity index (χ3v) is 15.1. The van der Waals surface area contributed by atoms with Gasteiger partial charge in [-0.1, -0.05) is 317 Å². The van der Waals surface area contributed by atoms with Crippen LogP contribution >= 0.6 is 0 Å². The number of carbonyl (C=O) groups is 3. The lowest BCUT2D eigenvalue weighted by Crippen LogP contribution is -2.30. The summed E-state index contributed by atoms with van der Waals surface area (Å²) >= 11 is 0. The molecule has 0 radical (unpaired) electrons. The molecule has 0 bridgehead atoms. The van der Waals surface area contributed by atoms with E-state index in [1.165, 1.54) is 186 Å². The Bertz CT molecular complexity index is 1580. The summed E-state index contributed by atoms with van der Waals surface area (Å²) in [5, 5.41) is 0. The van der Waals surface area contributed by atoms with Crippen LogP contribution in [0.2, 0.25) is 0 Å². The predicted octanol–water partition coefficient (Wildman–Crippen LogP) is 24.0. The van der Waals surface area contributed by atoms with Crippen molar-refractivity contribution in [1.82, 2.24) is 0 Å². The second kappa shape index (κ2) is 68.8. The van der Waals surface area contributed by atoms with E-state index < -0.39 is 6.10 Å². The fraction of sp³-hybridized carbons (Fsp3) is 0.747. The summed E-state index contributed by atoms with van der Waals surface area (Å²) in [6.07, 6.45) is 92.7. The summed E-state index contributed by atoms with van der Waals surface area (Å²) in [5.74, 6) is -0.880. The smallest absolute Gasteiger partial charge is 0.306 e. The minimum absolute atomic E-state index is 0.0801. The quantitative estimate of drug-likeness (QED) is 0.0261. The largest absolute Gasteiger partial charge is 0.462 e. The third-order valence-electron chi connectivity index (χ3n) is 15.1. The normalized spacial score (nSPS) is 12.7. The lowest BCUT2D eigenvalue weighted by atomic mass is 10.0. The molecule has 0 rings (SSSR count). The Labute approximate surface area is 502 Å². The van der Waals surface area contributed by atoms with E-state index in [4.69, 9.17) is 14.2 Å². The monoisotopic (exact) mass is 1130 g/mol. The standard InChI is InChI=1S/C75H130O6/c1-4-7-10-13-16-19-22-25-28-31-34-35-36-37-38-39-40-41-42-45-47-50-53-56-59-62-65-68-74(77)80-71-72(81-75(78)69-66-63-60-57-54-51-48-44-33-30-27-24-21-18-15-12-9-6-3)70-79-73(76)67-64-61-58-55-52-49-46-43-32-29-26-23-20-17-14-11-8-5-2/h7,10,16,19,21,24-25,28,30,33-35,37-38,40-41,72H,4-6,8-9,11-15,17-18,20,22-23,26-27,29,31-32,36,39,42-71H2,1-3H3/b10-7-,19-16-,24-21-,28-25-,33-30-,35-34-,38-37-,41-40-. The topological polar surface area (TPSA) is 78.9 Å². The zero-order valence-electron chi connectivity index (χ0n) is 53.5. The lowest BCUT2D eigenvalue weighted by molar-refractivity contribution is -0.167. The van der Waals surface area contributed by atoms with E-state index >= 15 is 0 Å². The van der Waals surface area contributed by atoms with E-state index in [-0.39, 0.29) is 31.1 Å². The number of carbonyl (C=O) groups excluding carboxylic acids is 3. The average Bonchev–Trinajstić information content (AvgIpc) is 3.47. The molecule has 0 amide bonds. The molecule has 0 N–H and O–H groups in total. The van der Waals surface area contributed by atoms with Crippen molar-refractivity contribution in [1.29, 1.82) is 0 Å². The molecule has 0 spiro atoms. The molecule has 6 nitrogen and oxygen atoms in total. The Balaban J connectivity index is 4.37. The van der Waals surface area contributed by atoms with Gasteiger partial charge in [0.15, 0.2) is 6.10 Å². The van der Waals surface area contributed by atoms with Crippen LogP contribution in [-0.4, -0.2) is 37.2 Å². The molecule has 0 saturated heterocycles. The van der Waals surface area contributed by atoms with Gasteiger partial charge in [0.05, 0.1) is 0 Å². The lowest BCUT2D eigenvalue weighted by Gasteiger charge is -2.18. The Morgan fingerprint density at radius 2 is 0.481 bits per heavy atom. The molecule has 0 fully saturated rings. The van der Waals surface area contributed by atoms with E-state index in [1.54, 1.807) is 0 Å². The molecular weight excluding hydrogens is 997 g/mol. The van der Waals surface area contributed by atoms with Gasteiger partial charge in [-0.15, -0.1) is 0 Å². The molecule has 0 aromatic heterocycles. The SMILES string of the molecule is CC/C=C\C/C=C\C/C=C\C/C=C\C/C=C\C/C=C\CCCCCCCCCCC(=O)OCC(COC(=O)CCCCCCCCCCCCCCCCCCCC)OC(=O)CCCCCCCCC/C=C\C/C=C\CCCCCC. The van der Waals surface area contributed by atoms with Crippen molar-refractivity contribution < 1.29 is 28.6 Å². The van der Waals surface area contributed by atoms with Gasteiger partial charge in [-0.2, -0.15) is 0 Å². The summed E-state index contributed by atoms with van der Waals surface area (Å²) in [7, 11) is 0. The zero-order valence-corrected chi connectivity index (χ0v) is 53.5. The van der Waals surface area contributed by atoms with Gasteiger partial charge in [-0.3, -0.25) is 14.4 Å². The van der Waals surface area contributed by atoms with Crippen LogP contribution in [0, 0.1) is 0 Å². The second-order valence-electron chi connectivity index (χ2n) is 23.1. The third kappa shape index (κ3) is 67.0. The van der Waals surface area contributed by atoms with Gasteiger partial charge in [0.1, 0.15) is 13.2 Å². The molecule has 0 heterocycles. The molecule has 466 valence electrons. The number of hydrogen-bond acceptors (Lipinski definition) is 6. The molecule has 1 atom stereocenters. The highest BCUT2D eigenvalue weighted by molar-refractivity contribution is 5.71. The maximum absolute atomic E-state index is 12.9. The molecule has 6 heteroatoms. The number of esters is 3. The Morgan fingerprint density at radius 3 is 0.765 bits per heavy atom. The molecule has 0 aliphatic heterocycles. The molecule has 0 saturated carbocycles. The number of unbranched alkanes of at least 4 members (excludes halogenated alkanes) is 36. The van der Waals surface area contributed by atoms with Gasteiger partial charge in [0, 0.05) is 19.3 Å². The minimum atomic E-state index is -0.786. The molecule has 81 heavy (non-hydrogen) atoms. The van der Waals surface area contributed by atoms with E-state index in [2.05, 4.69) is 118 Å². The summed E-state index contributed by atoms with van der Waals surface area (Å²) in [4.78, 5) is 38.5. The van der Waals surface area contributed by atoms with Crippen LogP contribution in [-0.2, 0) is 28.6 Å². The van der Waals surface area contributed by atoms with E-state index in [1.807, 2.05) is 0 Å². The first-order chi connectivity index (χ1) is 40.0. The van der Waals surface area contributed by atoms with Crippen LogP contribution in [0.15, 0.2) is 97.2 Å². The maximum atomic E-state index is 12.9. The molecule has 0 aliphatic carbocycles. The van der Waals surface area contributed by atoms with E-state index in [9.17, 15) is 14.4 Å². The number of hydrogen-bond donors (Lipinski definition) is 0. The second-order valence-corrected chi connectivity index (χ2v) is 23.1. The summed E-state index contributed by atoms with van der Waals surface area (Å²) in [6, 6.07) is 0. The highest BCUT2D eigenvalue weighted by atomic mass is 16.6. The van der Waals surface area contributed by atoms with Crippen molar-refractivity contribution in [2.24, 2.45) is 0 Å². The summed E-state index contributed by atoms with van der Waals surface area (Å²) in [6.45, 7) is 6.54. The fourth-order valence-electron chi connectivity index (χ4n) is 9.89. The van der Waals surface area contributed by atoms with Gasteiger partial charge < -0.3 is 14.2 Å².